The van der Waals surface area contributed by atoms with Crippen LogP contribution in [0.25, 0.3) is 5.69 Å². The molecule has 0 unspecified atom stereocenters. The van der Waals surface area contributed by atoms with Crippen molar-refractivity contribution in [2.75, 3.05) is 0 Å². The van der Waals surface area contributed by atoms with Crippen LogP contribution in [0.1, 0.15) is 0 Å². The molecule has 3 rings (SSSR count). The summed E-state index contributed by atoms with van der Waals surface area (Å²) < 4.78 is 7.68. The van der Waals surface area contributed by atoms with Gasteiger partial charge in [-0.15, -0.1) is 0 Å². The van der Waals surface area contributed by atoms with Crippen LogP contribution >= 0.6 is 0 Å². The predicted octanol–water partition coefficient (Wildman–Crippen LogP) is 3.66. The molecule has 0 radical (unpaired) electrons. The molecular formula is C15H12N2O. The Hall–Kier alpha value is -2.55. The van der Waals surface area contributed by atoms with E-state index in [1.165, 1.54) is 0 Å². The van der Waals surface area contributed by atoms with E-state index in [1.807, 2.05) is 65.4 Å². The number of hydrogen-bond donors (Lipinski definition) is 0. The van der Waals surface area contributed by atoms with Gasteiger partial charge >= 0.3 is 0 Å². The minimum absolute atomic E-state index is 0.824. The van der Waals surface area contributed by atoms with Crippen molar-refractivity contribution in [2.24, 2.45) is 0 Å². The van der Waals surface area contributed by atoms with E-state index in [0.29, 0.717) is 0 Å². The topological polar surface area (TPSA) is 27.1 Å². The number of ether oxygens (including phenoxy) is 1. The lowest BCUT2D eigenvalue weighted by molar-refractivity contribution is 0.482. The number of hydrogen-bond acceptors (Lipinski definition) is 2. The molecule has 0 N–H and O–H groups in total. The lowest BCUT2D eigenvalue weighted by Gasteiger charge is -2.06. The van der Waals surface area contributed by atoms with Gasteiger partial charge in [0.2, 0.25) is 0 Å². The van der Waals surface area contributed by atoms with Crippen molar-refractivity contribution in [3.05, 3.63) is 73.3 Å². The molecule has 3 nitrogen and oxygen atoms in total. The molecular weight excluding hydrogens is 224 g/mol. The van der Waals surface area contributed by atoms with Crippen molar-refractivity contribution in [1.29, 1.82) is 0 Å². The van der Waals surface area contributed by atoms with Gasteiger partial charge in [-0.25, -0.2) is 4.98 Å². The molecule has 18 heavy (non-hydrogen) atoms. The third-order valence-electron chi connectivity index (χ3n) is 2.62. The highest BCUT2D eigenvalue weighted by atomic mass is 16.5. The van der Waals surface area contributed by atoms with Gasteiger partial charge in [0.25, 0.3) is 0 Å². The lowest BCUT2D eigenvalue weighted by atomic mass is 10.3. The van der Waals surface area contributed by atoms with Crippen molar-refractivity contribution >= 4 is 0 Å². The fraction of sp³-hybridized carbons (Fsp3) is 0. The third kappa shape index (κ3) is 2.25. The molecule has 0 aliphatic carbocycles. The van der Waals surface area contributed by atoms with Crippen LogP contribution in [0, 0.1) is 0 Å². The van der Waals surface area contributed by atoms with Gasteiger partial charge in [0.05, 0.1) is 6.33 Å². The standard InChI is InChI=1S/C15H12N2O/c1-2-4-14(5-3-1)18-15-8-6-13(7-9-15)17-11-10-16-12-17/h1-12H. The Morgan fingerprint density at radius 2 is 1.56 bits per heavy atom. The fourth-order valence-corrected chi connectivity index (χ4v) is 1.72. The number of benzene rings is 2. The van der Waals surface area contributed by atoms with Gasteiger partial charge in [-0.3, -0.25) is 0 Å². The van der Waals surface area contributed by atoms with E-state index >= 15 is 0 Å². The summed E-state index contributed by atoms with van der Waals surface area (Å²) in [6.07, 6.45) is 5.44. The summed E-state index contributed by atoms with van der Waals surface area (Å²) in [5.74, 6) is 1.66. The molecule has 0 atom stereocenters. The Kier molecular flexibility index (Phi) is 2.80. The second-order valence-corrected chi connectivity index (χ2v) is 3.88. The van der Waals surface area contributed by atoms with Crippen molar-refractivity contribution in [1.82, 2.24) is 9.55 Å². The second kappa shape index (κ2) is 4.75. The Morgan fingerprint density at radius 3 is 2.22 bits per heavy atom. The third-order valence-corrected chi connectivity index (χ3v) is 2.62. The SMILES string of the molecule is c1ccc(Oc2ccc(-n3ccnc3)cc2)cc1. The van der Waals surface area contributed by atoms with Crippen molar-refractivity contribution in [2.45, 2.75) is 0 Å². The minimum Gasteiger partial charge on any atom is -0.457 e. The van der Waals surface area contributed by atoms with E-state index in [4.69, 9.17) is 4.74 Å². The van der Waals surface area contributed by atoms with E-state index in [9.17, 15) is 0 Å². The zero-order valence-electron chi connectivity index (χ0n) is 9.73. The van der Waals surface area contributed by atoms with Gasteiger partial charge in [0, 0.05) is 18.1 Å². The molecule has 1 aromatic heterocycles. The van der Waals surface area contributed by atoms with Crippen LogP contribution in [0.15, 0.2) is 73.3 Å². The Balaban J connectivity index is 1.80. The number of rotatable bonds is 3. The quantitative estimate of drug-likeness (QED) is 0.693. The van der Waals surface area contributed by atoms with Crippen molar-refractivity contribution in [3.63, 3.8) is 0 Å². The summed E-state index contributed by atoms with van der Waals surface area (Å²) in [6, 6.07) is 17.6. The molecule has 0 saturated carbocycles. The first kappa shape index (κ1) is 10.6. The molecule has 88 valence electrons. The number of para-hydroxylation sites is 1. The molecule has 0 fully saturated rings. The van der Waals surface area contributed by atoms with Crippen LogP contribution in [0.5, 0.6) is 11.5 Å². The number of aromatic nitrogens is 2. The van der Waals surface area contributed by atoms with E-state index in [1.54, 1.807) is 12.5 Å². The molecule has 0 aliphatic heterocycles. The van der Waals surface area contributed by atoms with Gasteiger partial charge < -0.3 is 9.30 Å². The maximum absolute atomic E-state index is 5.73. The van der Waals surface area contributed by atoms with E-state index in [2.05, 4.69) is 4.98 Å². The number of nitrogens with zero attached hydrogens (tertiary/aromatic N) is 2. The molecule has 3 heteroatoms. The first-order chi connectivity index (χ1) is 8.92. The van der Waals surface area contributed by atoms with Gasteiger partial charge in [0.15, 0.2) is 0 Å². The van der Waals surface area contributed by atoms with Crippen LogP contribution in [-0.4, -0.2) is 9.55 Å². The summed E-state index contributed by atoms with van der Waals surface area (Å²) in [5, 5.41) is 0. The maximum Gasteiger partial charge on any atom is 0.127 e. The van der Waals surface area contributed by atoms with E-state index in [0.717, 1.165) is 17.2 Å². The van der Waals surface area contributed by atoms with Crippen LogP contribution < -0.4 is 4.74 Å². The van der Waals surface area contributed by atoms with E-state index < -0.39 is 0 Å². The summed E-state index contributed by atoms with van der Waals surface area (Å²) in [6.45, 7) is 0. The smallest absolute Gasteiger partial charge is 0.127 e. The normalized spacial score (nSPS) is 10.2. The average molecular weight is 236 g/mol. The average Bonchev–Trinajstić information content (AvgIpc) is 2.95. The van der Waals surface area contributed by atoms with Crippen LogP contribution in [0.2, 0.25) is 0 Å². The summed E-state index contributed by atoms with van der Waals surface area (Å²) in [4.78, 5) is 4.02. The van der Waals surface area contributed by atoms with Gasteiger partial charge in [-0.2, -0.15) is 0 Å². The van der Waals surface area contributed by atoms with Crippen molar-refractivity contribution in [3.8, 4) is 17.2 Å². The molecule has 0 spiro atoms. The van der Waals surface area contributed by atoms with Gasteiger partial charge in [0.1, 0.15) is 11.5 Å². The fourth-order valence-electron chi connectivity index (χ4n) is 1.72. The molecule has 0 amide bonds. The Labute approximate surface area is 105 Å². The highest BCUT2D eigenvalue weighted by Crippen LogP contribution is 2.22. The van der Waals surface area contributed by atoms with Crippen LogP contribution in [0.3, 0.4) is 0 Å². The highest BCUT2D eigenvalue weighted by molar-refractivity contribution is 5.39. The molecule has 2 aromatic carbocycles. The summed E-state index contributed by atoms with van der Waals surface area (Å²) >= 11 is 0. The first-order valence-electron chi connectivity index (χ1n) is 5.73. The largest absolute Gasteiger partial charge is 0.457 e. The summed E-state index contributed by atoms with van der Waals surface area (Å²) in [7, 11) is 0. The van der Waals surface area contributed by atoms with E-state index in [-0.39, 0.29) is 0 Å². The predicted molar refractivity (Wildman–Crippen MR) is 70.1 cm³/mol. The lowest BCUT2D eigenvalue weighted by Crippen LogP contribution is -1.90. The van der Waals surface area contributed by atoms with Crippen LogP contribution in [-0.2, 0) is 0 Å². The molecule has 0 bridgehead atoms. The van der Waals surface area contributed by atoms with Gasteiger partial charge in [-0.1, -0.05) is 18.2 Å². The Bertz CT molecular complexity index is 601. The zero-order valence-corrected chi connectivity index (χ0v) is 9.73. The second-order valence-electron chi connectivity index (χ2n) is 3.88. The molecule has 1 heterocycles. The highest BCUT2D eigenvalue weighted by Gasteiger charge is 1.98. The van der Waals surface area contributed by atoms with Crippen molar-refractivity contribution < 1.29 is 4.74 Å². The van der Waals surface area contributed by atoms with Gasteiger partial charge in [-0.05, 0) is 36.4 Å². The first-order valence-corrected chi connectivity index (χ1v) is 5.73. The minimum atomic E-state index is 0.824. The number of imidazole rings is 1. The molecule has 0 aliphatic rings. The van der Waals surface area contributed by atoms with Crippen LogP contribution in [0.4, 0.5) is 0 Å². The monoisotopic (exact) mass is 236 g/mol. The summed E-state index contributed by atoms with van der Waals surface area (Å²) in [5.41, 5.74) is 1.06. The molecule has 0 saturated heterocycles. The molecule has 3 aromatic rings. The zero-order chi connectivity index (χ0) is 12.2. The maximum atomic E-state index is 5.73. The Morgan fingerprint density at radius 1 is 0.833 bits per heavy atom.